The Kier molecular flexibility index (Phi) is 6.06. The van der Waals surface area contributed by atoms with Gasteiger partial charge in [-0.25, -0.2) is 0 Å². The maximum Gasteiger partial charge on any atom is 0.166 e. The Balaban J connectivity index is 2.50. The molecule has 2 atom stereocenters. The number of carbonyl (C=O) groups is 1. The molecule has 0 amide bonds. The zero-order valence-electron chi connectivity index (χ0n) is 12.0. The lowest BCUT2D eigenvalue weighted by Gasteiger charge is -2.23. The van der Waals surface area contributed by atoms with Crippen LogP contribution in [0.3, 0.4) is 0 Å². The molecule has 100 valence electrons. The van der Waals surface area contributed by atoms with Gasteiger partial charge in [0.15, 0.2) is 5.78 Å². The highest BCUT2D eigenvalue weighted by molar-refractivity contribution is 5.97. The van der Waals surface area contributed by atoms with Crippen molar-refractivity contribution in [1.82, 2.24) is 4.90 Å². The van der Waals surface area contributed by atoms with E-state index in [1.54, 1.807) is 0 Å². The van der Waals surface area contributed by atoms with E-state index in [9.17, 15) is 4.79 Å². The molecular weight excluding hydrogens is 222 g/mol. The third-order valence-corrected chi connectivity index (χ3v) is 3.41. The molecule has 2 unspecified atom stereocenters. The summed E-state index contributed by atoms with van der Waals surface area (Å²) in [6.45, 7) is 8.36. The topological polar surface area (TPSA) is 20.3 Å². The minimum absolute atomic E-state index is 0.0569. The highest BCUT2D eigenvalue weighted by Gasteiger charge is 2.17. The van der Waals surface area contributed by atoms with Crippen molar-refractivity contribution < 1.29 is 4.79 Å². The summed E-state index contributed by atoms with van der Waals surface area (Å²) in [7, 11) is 2.10. The summed E-state index contributed by atoms with van der Waals surface area (Å²) in [6, 6.07) is 9.57. The lowest BCUT2D eigenvalue weighted by atomic mass is 9.98. The van der Waals surface area contributed by atoms with E-state index in [0.29, 0.717) is 5.92 Å². The van der Waals surface area contributed by atoms with Crippen LogP contribution in [0.1, 0.15) is 37.6 Å². The number of nitrogens with zero attached hydrogens (tertiary/aromatic N) is 1. The lowest BCUT2D eigenvalue weighted by molar-refractivity contribution is 0.0898. The van der Waals surface area contributed by atoms with Gasteiger partial charge in [0.1, 0.15) is 0 Å². The summed E-state index contributed by atoms with van der Waals surface area (Å²) >= 11 is 0. The minimum Gasteiger partial charge on any atom is -0.305 e. The van der Waals surface area contributed by atoms with Crippen molar-refractivity contribution in [1.29, 1.82) is 0 Å². The fraction of sp³-hybridized carbons (Fsp3) is 0.562. The maximum absolute atomic E-state index is 12.2. The number of benzene rings is 1. The summed E-state index contributed by atoms with van der Waals surface area (Å²) in [4.78, 5) is 14.5. The quantitative estimate of drug-likeness (QED) is 0.687. The van der Waals surface area contributed by atoms with Crippen LogP contribution in [0.4, 0.5) is 0 Å². The first kappa shape index (κ1) is 14.9. The predicted octanol–water partition coefficient (Wildman–Crippen LogP) is 3.48. The summed E-state index contributed by atoms with van der Waals surface area (Å²) in [5, 5.41) is 0. The zero-order valence-corrected chi connectivity index (χ0v) is 12.0. The van der Waals surface area contributed by atoms with Gasteiger partial charge >= 0.3 is 0 Å². The Labute approximate surface area is 111 Å². The van der Waals surface area contributed by atoms with E-state index < -0.39 is 0 Å². The van der Waals surface area contributed by atoms with Crippen molar-refractivity contribution in [2.75, 3.05) is 20.1 Å². The Morgan fingerprint density at radius 3 is 2.33 bits per heavy atom. The largest absolute Gasteiger partial charge is 0.305 e. The van der Waals surface area contributed by atoms with Crippen molar-refractivity contribution in [3.05, 3.63) is 35.9 Å². The van der Waals surface area contributed by atoms with Crippen molar-refractivity contribution in [3.63, 3.8) is 0 Å². The molecular formula is C16H25NO. The second-order valence-electron chi connectivity index (χ2n) is 5.37. The molecule has 1 rings (SSSR count). The van der Waals surface area contributed by atoms with E-state index in [1.807, 2.05) is 37.3 Å². The fourth-order valence-electron chi connectivity index (χ4n) is 2.17. The van der Waals surface area contributed by atoms with Gasteiger partial charge in [-0.05, 0) is 13.0 Å². The van der Waals surface area contributed by atoms with Crippen LogP contribution in [0.25, 0.3) is 0 Å². The van der Waals surface area contributed by atoms with Crippen molar-refractivity contribution in [2.24, 2.45) is 11.8 Å². The second-order valence-corrected chi connectivity index (χ2v) is 5.37. The van der Waals surface area contributed by atoms with Gasteiger partial charge in [0.05, 0.1) is 0 Å². The Morgan fingerprint density at radius 2 is 1.78 bits per heavy atom. The molecule has 2 heteroatoms. The van der Waals surface area contributed by atoms with E-state index in [-0.39, 0.29) is 11.7 Å². The normalized spacial score (nSPS) is 14.5. The van der Waals surface area contributed by atoms with Gasteiger partial charge in [-0.15, -0.1) is 0 Å². The average molecular weight is 247 g/mol. The molecule has 1 aromatic rings. The van der Waals surface area contributed by atoms with E-state index in [1.165, 1.54) is 6.42 Å². The van der Waals surface area contributed by atoms with Crippen LogP contribution in [-0.2, 0) is 0 Å². The van der Waals surface area contributed by atoms with Crippen LogP contribution >= 0.6 is 0 Å². The van der Waals surface area contributed by atoms with E-state index in [2.05, 4.69) is 25.8 Å². The molecule has 2 nitrogen and oxygen atoms in total. The SMILES string of the molecule is CCC(C)CN(C)CC(C)C(=O)c1ccccc1. The molecule has 0 aromatic heterocycles. The third kappa shape index (κ3) is 4.61. The zero-order chi connectivity index (χ0) is 13.5. The minimum atomic E-state index is 0.0569. The van der Waals surface area contributed by atoms with Gasteiger partial charge in [0.25, 0.3) is 0 Å². The van der Waals surface area contributed by atoms with Crippen LogP contribution in [0.15, 0.2) is 30.3 Å². The Bertz CT molecular complexity index is 361. The summed E-state index contributed by atoms with van der Waals surface area (Å²) in [6.07, 6.45) is 1.19. The summed E-state index contributed by atoms with van der Waals surface area (Å²) < 4.78 is 0. The first-order chi connectivity index (χ1) is 8.54. The molecule has 0 aliphatic heterocycles. The van der Waals surface area contributed by atoms with Gasteiger partial charge in [-0.3, -0.25) is 4.79 Å². The number of ketones is 1. The molecule has 0 fully saturated rings. The summed E-state index contributed by atoms with van der Waals surface area (Å²) in [5.74, 6) is 0.988. The third-order valence-electron chi connectivity index (χ3n) is 3.41. The molecule has 18 heavy (non-hydrogen) atoms. The van der Waals surface area contributed by atoms with Crippen LogP contribution in [0.2, 0.25) is 0 Å². The standard InChI is InChI=1S/C16H25NO/c1-5-13(2)11-17(4)12-14(3)16(18)15-9-7-6-8-10-15/h6-10,13-14H,5,11-12H2,1-4H3. The molecule has 0 bridgehead atoms. The highest BCUT2D eigenvalue weighted by Crippen LogP contribution is 2.11. The van der Waals surface area contributed by atoms with Gasteiger partial charge < -0.3 is 4.90 Å². The molecule has 0 saturated carbocycles. The van der Waals surface area contributed by atoms with Crippen LogP contribution in [0, 0.1) is 11.8 Å². The molecule has 0 radical (unpaired) electrons. The van der Waals surface area contributed by atoms with Gasteiger partial charge in [0.2, 0.25) is 0 Å². The number of hydrogen-bond acceptors (Lipinski definition) is 2. The number of rotatable bonds is 7. The summed E-state index contributed by atoms with van der Waals surface area (Å²) in [5.41, 5.74) is 0.821. The second kappa shape index (κ2) is 7.32. The lowest BCUT2D eigenvalue weighted by Crippen LogP contribution is -2.31. The molecule has 0 heterocycles. The van der Waals surface area contributed by atoms with E-state index >= 15 is 0 Å². The number of Topliss-reactive ketones (excluding diaryl/α,β-unsaturated/α-hetero) is 1. The van der Waals surface area contributed by atoms with E-state index in [4.69, 9.17) is 0 Å². The fourth-order valence-corrected chi connectivity index (χ4v) is 2.17. The monoisotopic (exact) mass is 247 g/mol. The van der Waals surface area contributed by atoms with Crippen molar-refractivity contribution >= 4 is 5.78 Å². The van der Waals surface area contributed by atoms with Gasteiger partial charge in [-0.1, -0.05) is 57.5 Å². The molecule has 0 saturated heterocycles. The molecule has 0 N–H and O–H groups in total. The Morgan fingerprint density at radius 1 is 1.17 bits per heavy atom. The number of carbonyl (C=O) groups excluding carboxylic acids is 1. The molecule has 0 aliphatic carbocycles. The van der Waals surface area contributed by atoms with Gasteiger partial charge in [-0.2, -0.15) is 0 Å². The van der Waals surface area contributed by atoms with Gasteiger partial charge in [0, 0.05) is 24.6 Å². The number of hydrogen-bond donors (Lipinski definition) is 0. The Hall–Kier alpha value is -1.15. The van der Waals surface area contributed by atoms with Crippen molar-refractivity contribution in [2.45, 2.75) is 27.2 Å². The van der Waals surface area contributed by atoms with Crippen LogP contribution in [-0.4, -0.2) is 30.8 Å². The predicted molar refractivity (Wildman–Crippen MR) is 76.9 cm³/mol. The molecule has 1 aromatic carbocycles. The maximum atomic E-state index is 12.2. The smallest absolute Gasteiger partial charge is 0.166 e. The van der Waals surface area contributed by atoms with E-state index in [0.717, 1.165) is 18.7 Å². The van der Waals surface area contributed by atoms with Crippen LogP contribution in [0.5, 0.6) is 0 Å². The average Bonchev–Trinajstić information content (AvgIpc) is 2.38. The first-order valence-electron chi connectivity index (χ1n) is 6.82. The molecule has 0 aliphatic rings. The highest BCUT2D eigenvalue weighted by atomic mass is 16.1. The van der Waals surface area contributed by atoms with Crippen molar-refractivity contribution in [3.8, 4) is 0 Å². The molecule has 0 spiro atoms. The van der Waals surface area contributed by atoms with Crippen LogP contribution < -0.4 is 0 Å². The first-order valence-corrected chi connectivity index (χ1v) is 6.82.